The van der Waals surface area contributed by atoms with Crippen LogP contribution in [-0.4, -0.2) is 53.1 Å². The first kappa shape index (κ1) is 20.2. The predicted molar refractivity (Wildman–Crippen MR) is 124 cm³/mol. The van der Waals surface area contributed by atoms with Crippen LogP contribution in [0.3, 0.4) is 0 Å². The fourth-order valence-electron chi connectivity index (χ4n) is 5.02. The van der Waals surface area contributed by atoms with Gasteiger partial charge in [-0.1, -0.05) is 24.3 Å². The fourth-order valence-corrected chi connectivity index (χ4v) is 5.02. The maximum atomic E-state index is 13.9. The van der Waals surface area contributed by atoms with Gasteiger partial charge in [0, 0.05) is 49.0 Å². The van der Waals surface area contributed by atoms with Gasteiger partial charge < -0.3 is 9.30 Å². The van der Waals surface area contributed by atoms with Crippen molar-refractivity contribution in [1.82, 2.24) is 14.5 Å². The molecule has 0 radical (unpaired) electrons. The van der Waals surface area contributed by atoms with Gasteiger partial charge in [-0.25, -0.2) is 0 Å². The summed E-state index contributed by atoms with van der Waals surface area (Å²) in [4.78, 5) is 20.7. The highest BCUT2D eigenvalue weighted by atomic mass is 16.5. The van der Waals surface area contributed by atoms with Crippen molar-refractivity contribution in [3.8, 4) is 0 Å². The summed E-state index contributed by atoms with van der Waals surface area (Å²) in [7, 11) is 0. The summed E-state index contributed by atoms with van der Waals surface area (Å²) in [6, 6.07) is 6.09. The number of hydrogen-bond donors (Lipinski definition) is 0. The molecule has 3 heterocycles. The van der Waals surface area contributed by atoms with Crippen LogP contribution in [-0.2, 0) is 17.7 Å². The first-order valence-corrected chi connectivity index (χ1v) is 11.2. The maximum Gasteiger partial charge on any atom is 0.195 e. The van der Waals surface area contributed by atoms with Crippen LogP contribution in [0.1, 0.15) is 44.7 Å². The van der Waals surface area contributed by atoms with Crippen molar-refractivity contribution in [2.24, 2.45) is 0 Å². The quantitative estimate of drug-likeness (QED) is 0.587. The van der Waals surface area contributed by atoms with E-state index in [4.69, 9.17) is 4.74 Å². The Labute approximate surface area is 183 Å². The number of carbonyl (C=O) groups excluding carboxylic acids is 1. The van der Waals surface area contributed by atoms with Crippen molar-refractivity contribution in [3.63, 3.8) is 0 Å². The number of rotatable bonds is 5. The number of carbonyl (C=O) groups is 1. The largest absolute Gasteiger partial charge is 0.379 e. The molecule has 0 spiro atoms. The summed E-state index contributed by atoms with van der Waals surface area (Å²) in [5.41, 5.74) is 7.37. The minimum absolute atomic E-state index is 0.130. The van der Waals surface area contributed by atoms with Crippen LogP contribution in [0.2, 0.25) is 0 Å². The van der Waals surface area contributed by atoms with E-state index in [1.807, 2.05) is 18.3 Å². The lowest BCUT2D eigenvalue weighted by molar-refractivity contribution is 0.0365. The number of nitrogens with zero attached hydrogens (tertiary/aromatic N) is 3. The van der Waals surface area contributed by atoms with E-state index in [9.17, 15) is 4.79 Å². The first-order chi connectivity index (χ1) is 15.1. The Balaban J connectivity index is 1.55. The Kier molecular flexibility index (Phi) is 5.47. The van der Waals surface area contributed by atoms with Crippen molar-refractivity contribution in [3.05, 3.63) is 70.2 Å². The van der Waals surface area contributed by atoms with Gasteiger partial charge in [0.15, 0.2) is 5.78 Å². The number of allylic oxidation sites excluding steroid dienone is 1. The van der Waals surface area contributed by atoms with E-state index in [2.05, 4.69) is 46.5 Å². The number of benzene rings is 1. The highest BCUT2D eigenvalue weighted by Gasteiger charge is 2.25. The molecule has 5 rings (SSSR count). The van der Waals surface area contributed by atoms with Crippen LogP contribution >= 0.6 is 0 Å². The third-order valence-electron chi connectivity index (χ3n) is 6.76. The maximum absolute atomic E-state index is 13.9. The molecule has 0 unspecified atom stereocenters. The number of aromatic nitrogens is 2. The van der Waals surface area contributed by atoms with Gasteiger partial charge in [-0.3, -0.25) is 14.7 Å². The highest BCUT2D eigenvalue weighted by molar-refractivity contribution is 6.18. The summed E-state index contributed by atoms with van der Waals surface area (Å²) in [6.07, 6.45) is 9.97. The number of pyridine rings is 1. The number of hydrogen-bond acceptors (Lipinski definition) is 4. The van der Waals surface area contributed by atoms with Crippen molar-refractivity contribution in [1.29, 1.82) is 0 Å². The molecular weight excluding hydrogens is 386 g/mol. The van der Waals surface area contributed by atoms with E-state index in [1.165, 1.54) is 16.7 Å². The fraction of sp³-hybridized carbons (Fsp3) is 0.385. The molecular formula is C26H29N3O2. The molecule has 0 N–H and O–H groups in total. The van der Waals surface area contributed by atoms with Gasteiger partial charge in [0.1, 0.15) is 0 Å². The van der Waals surface area contributed by atoms with Gasteiger partial charge >= 0.3 is 0 Å². The molecule has 0 amide bonds. The molecule has 5 heteroatoms. The Morgan fingerprint density at radius 2 is 1.97 bits per heavy atom. The molecule has 3 aromatic rings. The molecule has 1 saturated heterocycles. The normalized spacial score (nSPS) is 16.6. The number of ketones is 1. The SMILES string of the molecule is Cc1ccc(C(=O)c2c(C)n(CCN3CCOCC3)c3cnccc23)c2c1C=CCC2. The number of morpholine rings is 1. The van der Waals surface area contributed by atoms with E-state index in [-0.39, 0.29) is 5.78 Å². The molecule has 0 saturated carbocycles. The molecule has 160 valence electrons. The Morgan fingerprint density at radius 1 is 1.13 bits per heavy atom. The van der Waals surface area contributed by atoms with Gasteiger partial charge in [-0.15, -0.1) is 0 Å². The lowest BCUT2D eigenvalue weighted by atomic mass is 9.86. The summed E-state index contributed by atoms with van der Waals surface area (Å²) < 4.78 is 7.75. The van der Waals surface area contributed by atoms with E-state index in [1.54, 1.807) is 6.20 Å². The second kappa shape index (κ2) is 8.40. The molecule has 1 fully saturated rings. The third kappa shape index (κ3) is 3.62. The average Bonchev–Trinajstić information content (AvgIpc) is 3.09. The van der Waals surface area contributed by atoms with Gasteiger partial charge in [-0.2, -0.15) is 0 Å². The van der Waals surface area contributed by atoms with Crippen LogP contribution in [0.25, 0.3) is 17.0 Å². The second-order valence-corrected chi connectivity index (χ2v) is 8.55. The zero-order valence-electron chi connectivity index (χ0n) is 18.4. The predicted octanol–water partition coefficient (Wildman–Crippen LogP) is 4.18. The van der Waals surface area contributed by atoms with Gasteiger partial charge in [0.25, 0.3) is 0 Å². The standard InChI is InChI=1S/C26H29N3O2/c1-18-7-8-22(21-6-4-3-5-20(18)21)26(30)25-19(2)29(24-17-27-10-9-23(24)25)12-11-28-13-15-31-16-14-28/h3,5,7-10,17H,4,6,11-16H2,1-2H3. The molecule has 1 aliphatic carbocycles. The lowest BCUT2D eigenvalue weighted by Gasteiger charge is -2.27. The average molecular weight is 416 g/mol. The lowest BCUT2D eigenvalue weighted by Crippen LogP contribution is -2.38. The van der Waals surface area contributed by atoms with Gasteiger partial charge in [0.05, 0.1) is 30.5 Å². The topological polar surface area (TPSA) is 47.4 Å². The highest BCUT2D eigenvalue weighted by Crippen LogP contribution is 2.32. The van der Waals surface area contributed by atoms with Crippen molar-refractivity contribution in [2.75, 3.05) is 32.8 Å². The van der Waals surface area contributed by atoms with E-state index >= 15 is 0 Å². The van der Waals surface area contributed by atoms with Crippen molar-refractivity contribution < 1.29 is 9.53 Å². The minimum atomic E-state index is 0.130. The van der Waals surface area contributed by atoms with Gasteiger partial charge in [0.2, 0.25) is 0 Å². The third-order valence-corrected chi connectivity index (χ3v) is 6.76. The zero-order chi connectivity index (χ0) is 21.4. The van der Waals surface area contributed by atoms with Crippen LogP contribution in [0.4, 0.5) is 0 Å². The summed E-state index contributed by atoms with van der Waals surface area (Å²) in [6.45, 7) is 9.51. The second-order valence-electron chi connectivity index (χ2n) is 8.55. The Morgan fingerprint density at radius 3 is 2.81 bits per heavy atom. The van der Waals surface area contributed by atoms with E-state index in [0.717, 1.165) is 80.0 Å². The van der Waals surface area contributed by atoms with Gasteiger partial charge in [-0.05, 0) is 49.4 Å². The monoisotopic (exact) mass is 415 g/mol. The van der Waals surface area contributed by atoms with Crippen LogP contribution in [0, 0.1) is 13.8 Å². The van der Waals surface area contributed by atoms with Crippen LogP contribution < -0.4 is 0 Å². The summed E-state index contributed by atoms with van der Waals surface area (Å²) >= 11 is 0. The van der Waals surface area contributed by atoms with Crippen LogP contribution in [0.5, 0.6) is 0 Å². The summed E-state index contributed by atoms with van der Waals surface area (Å²) in [5.74, 6) is 0.130. The van der Waals surface area contributed by atoms with E-state index in [0.29, 0.717) is 0 Å². The van der Waals surface area contributed by atoms with Crippen LogP contribution in [0.15, 0.2) is 36.7 Å². The van der Waals surface area contributed by atoms with Crippen molar-refractivity contribution >= 4 is 22.8 Å². The van der Waals surface area contributed by atoms with E-state index < -0.39 is 0 Å². The minimum Gasteiger partial charge on any atom is -0.379 e. The Bertz CT molecular complexity index is 1170. The smallest absolute Gasteiger partial charge is 0.195 e. The van der Waals surface area contributed by atoms with Crippen molar-refractivity contribution in [2.45, 2.75) is 33.2 Å². The molecule has 2 aliphatic rings. The molecule has 1 aromatic carbocycles. The molecule has 0 atom stereocenters. The molecule has 1 aliphatic heterocycles. The number of fused-ring (bicyclic) bond motifs is 2. The Hall–Kier alpha value is -2.76. The first-order valence-electron chi connectivity index (χ1n) is 11.2. The number of ether oxygens (including phenoxy) is 1. The summed E-state index contributed by atoms with van der Waals surface area (Å²) in [5, 5.41) is 1.00. The molecule has 31 heavy (non-hydrogen) atoms. The molecule has 0 bridgehead atoms. The zero-order valence-corrected chi connectivity index (χ0v) is 18.4. The molecule has 5 nitrogen and oxygen atoms in total. The number of aryl methyl sites for hydroxylation is 1. The molecule has 2 aromatic heterocycles.